The Kier molecular flexibility index (Phi) is 4.84. The Morgan fingerprint density at radius 2 is 1.95 bits per heavy atom. The van der Waals surface area contributed by atoms with Crippen molar-refractivity contribution >= 4 is 27.5 Å². The van der Waals surface area contributed by atoms with Crippen LogP contribution in [0.1, 0.15) is 24.0 Å². The Bertz CT molecular complexity index is 628. The first kappa shape index (κ1) is 14.9. The third kappa shape index (κ3) is 4.47. The van der Waals surface area contributed by atoms with Gasteiger partial charge in [0, 0.05) is 17.1 Å². The summed E-state index contributed by atoms with van der Waals surface area (Å²) in [5, 5.41) is 4.14. The van der Waals surface area contributed by atoms with Gasteiger partial charge in [0.2, 0.25) is 0 Å². The Morgan fingerprint density at radius 1 is 1.14 bits per heavy atom. The van der Waals surface area contributed by atoms with Gasteiger partial charge in [-0.15, -0.1) is 0 Å². The predicted octanol–water partition coefficient (Wildman–Crippen LogP) is 4.93. The van der Waals surface area contributed by atoms with Crippen LogP contribution in [-0.2, 0) is 13.2 Å². The van der Waals surface area contributed by atoms with Gasteiger partial charge in [-0.05, 0) is 42.2 Å². The van der Waals surface area contributed by atoms with Gasteiger partial charge in [-0.25, -0.2) is 0 Å². The van der Waals surface area contributed by atoms with Gasteiger partial charge in [0.15, 0.2) is 0 Å². The molecule has 110 valence electrons. The van der Waals surface area contributed by atoms with E-state index in [2.05, 4.69) is 45.5 Å². The Labute approximate surface area is 138 Å². The molecule has 2 nitrogen and oxygen atoms in total. The van der Waals surface area contributed by atoms with Crippen LogP contribution < -0.4 is 10.1 Å². The number of nitrogens with one attached hydrogen (secondary N) is 1. The molecular formula is C17H17BrClNO. The molecule has 1 N–H and O–H groups in total. The van der Waals surface area contributed by atoms with Crippen LogP contribution in [0.5, 0.6) is 5.75 Å². The molecule has 4 heteroatoms. The fraction of sp³-hybridized carbons (Fsp3) is 0.294. The molecule has 21 heavy (non-hydrogen) atoms. The summed E-state index contributed by atoms with van der Waals surface area (Å²) in [6.07, 6.45) is 2.62. The normalized spacial score (nSPS) is 14.2. The molecule has 0 heterocycles. The SMILES string of the molecule is Clc1cc(Br)ccc1OCc1cccc(CNC2CC2)c1. The molecule has 1 saturated carbocycles. The van der Waals surface area contributed by atoms with E-state index >= 15 is 0 Å². The van der Waals surface area contributed by atoms with Crippen LogP contribution in [0, 0.1) is 0 Å². The van der Waals surface area contributed by atoms with E-state index in [0.717, 1.165) is 22.6 Å². The molecule has 0 unspecified atom stereocenters. The lowest BCUT2D eigenvalue weighted by molar-refractivity contribution is 0.306. The first-order chi connectivity index (χ1) is 10.2. The van der Waals surface area contributed by atoms with E-state index in [-0.39, 0.29) is 0 Å². The van der Waals surface area contributed by atoms with Crippen LogP contribution in [0.25, 0.3) is 0 Å². The molecule has 2 aromatic rings. The predicted molar refractivity (Wildman–Crippen MR) is 89.8 cm³/mol. The molecule has 1 aliphatic carbocycles. The molecule has 0 bridgehead atoms. The lowest BCUT2D eigenvalue weighted by atomic mass is 10.1. The summed E-state index contributed by atoms with van der Waals surface area (Å²) in [5.74, 6) is 0.710. The van der Waals surface area contributed by atoms with Gasteiger partial charge in [0.25, 0.3) is 0 Å². The van der Waals surface area contributed by atoms with Crippen LogP contribution in [-0.4, -0.2) is 6.04 Å². The minimum absolute atomic E-state index is 0.526. The first-order valence-corrected chi connectivity index (χ1v) is 8.27. The fourth-order valence-electron chi connectivity index (χ4n) is 2.13. The quantitative estimate of drug-likeness (QED) is 0.782. The van der Waals surface area contributed by atoms with Crippen molar-refractivity contribution < 1.29 is 4.74 Å². The number of halogens is 2. The van der Waals surface area contributed by atoms with Crippen molar-refractivity contribution in [2.24, 2.45) is 0 Å². The summed E-state index contributed by atoms with van der Waals surface area (Å²) < 4.78 is 6.75. The van der Waals surface area contributed by atoms with E-state index in [0.29, 0.717) is 17.4 Å². The zero-order chi connectivity index (χ0) is 14.7. The Morgan fingerprint density at radius 3 is 2.71 bits per heavy atom. The van der Waals surface area contributed by atoms with Gasteiger partial charge < -0.3 is 10.1 Å². The lowest BCUT2D eigenvalue weighted by Crippen LogP contribution is -2.15. The molecule has 0 radical (unpaired) electrons. The molecule has 1 aliphatic rings. The maximum atomic E-state index is 6.15. The largest absolute Gasteiger partial charge is 0.487 e. The molecule has 0 saturated heterocycles. The van der Waals surface area contributed by atoms with Crippen LogP contribution in [0.15, 0.2) is 46.9 Å². The molecule has 0 atom stereocenters. The van der Waals surface area contributed by atoms with Crippen LogP contribution in [0.2, 0.25) is 5.02 Å². The zero-order valence-corrected chi connectivity index (χ0v) is 14.0. The maximum Gasteiger partial charge on any atom is 0.138 e. The van der Waals surface area contributed by atoms with E-state index in [1.165, 1.54) is 18.4 Å². The second-order valence-corrected chi connectivity index (χ2v) is 6.66. The maximum absolute atomic E-state index is 6.15. The Balaban J connectivity index is 1.60. The van der Waals surface area contributed by atoms with Crippen LogP contribution in [0.3, 0.4) is 0 Å². The third-order valence-electron chi connectivity index (χ3n) is 3.45. The van der Waals surface area contributed by atoms with Crippen molar-refractivity contribution in [3.05, 3.63) is 63.1 Å². The van der Waals surface area contributed by atoms with Gasteiger partial charge in [-0.3, -0.25) is 0 Å². The molecule has 0 aliphatic heterocycles. The van der Waals surface area contributed by atoms with Crippen molar-refractivity contribution in [2.75, 3.05) is 0 Å². The van der Waals surface area contributed by atoms with Gasteiger partial charge >= 0.3 is 0 Å². The summed E-state index contributed by atoms with van der Waals surface area (Å²) in [6.45, 7) is 1.45. The minimum atomic E-state index is 0.526. The fourth-order valence-corrected chi connectivity index (χ4v) is 2.86. The van der Waals surface area contributed by atoms with E-state index < -0.39 is 0 Å². The molecule has 2 aromatic carbocycles. The molecule has 3 rings (SSSR count). The highest BCUT2D eigenvalue weighted by Gasteiger charge is 2.19. The smallest absolute Gasteiger partial charge is 0.138 e. The molecule has 0 spiro atoms. The number of hydrogen-bond donors (Lipinski definition) is 1. The number of hydrogen-bond acceptors (Lipinski definition) is 2. The van der Waals surface area contributed by atoms with E-state index in [9.17, 15) is 0 Å². The highest BCUT2D eigenvalue weighted by atomic mass is 79.9. The summed E-state index contributed by atoms with van der Waals surface area (Å²) in [5.41, 5.74) is 2.45. The standard InChI is InChI=1S/C17H17BrClNO/c18-14-4-7-17(16(19)9-14)21-11-13-3-1-2-12(8-13)10-20-15-5-6-15/h1-4,7-9,15,20H,5-6,10-11H2. The van der Waals surface area contributed by atoms with E-state index in [4.69, 9.17) is 16.3 Å². The van der Waals surface area contributed by atoms with Gasteiger partial charge in [0.1, 0.15) is 12.4 Å². The van der Waals surface area contributed by atoms with Crippen molar-refractivity contribution in [3.8, 4) is 5.75 Å². The van der Waals surface area contributed by atoms with E-state index in [1.54, 1.807) is 0 Å². The summed E-state index contributed by atoms with van der Waals surface area (Å²) in [7, 11) is 0. The van der Waals surface area contributed by atoms with Gasteiger partial charge in [0.05, 0.1) is 5.02 Å². The second-order valence-electron chi connectivity index (χ2n) is 5.34. The average molecular weight is 367 g/mol. The van der Waals surface area contributed by atoms with Crippen molar-refractivity contribution in [2.45, 2.75) is 32.0 Å². The van der Waals surface area contributed by atoms with Crippen molar-refractivity contribution in [1.82, 2.24) is 5.32 Å². The molecular weight excluding hydrogens is 350 g/mol. The number of benzene rings is 2. The molecule has 0 aromatic heterocycles. The second kappa shape index (κ2) is 6.82. The van der Waals surface area contributed by atoms with Crippen molar-refractivity contribution in [1.29, 1.82) is 0 Å². The van der Waals surface area contributed by atoms with Crippen LogP contribution >= 0.6 is 27.5 Å². The van der Waals surface area contributed by atoms with Gasteiger partial charge in [-0.1, -0.05) is 51.8 Å². The highest BCUT2D eigenvalue weighted by molar-refractivity contribution is 9.10. The number of rotatable bonds is 6. The van der Waals surface area contributed by atoms with Crippen molar-refractivity contribution in [3.63, 3.8) is 0 Å². The number of ether oxygens (including phenoxy) is 1. The molecule has 1 fully saturated rings. The van der Waals surface area contributed by atoms with Crippen LogP contribution in [0.4, 0.5) is 0 Å². The molecule has 0 amide bonds. The Hall–Kier alpha value is -1.03. The van der Waals surface area contributed by atoms with E-state index in [1.807, 2.05) is 18.2 Å². The average Bonchev–Trinajstić information content (AvgIpc) is 3.29. The summed E-state index contributed by atoms with van der Waals surface area (Å²) in [4.78, 5) is 0. The lowest BCUT2D eigenvalue weighted by Gasteiger charge is -2.10. The monoisotopic (exact) mass is 365 g/mol. The summed E-state index contributed by atoms with van der Waals surface area (Å²) in [6, 6.07) is 14.9. The topological polar surface area (TPSA) is 21.3 Å². The summed E-state index contributed by atoms with van der Waals surface area (Å²) >= 11 is 9.54. The first-order valence-electron chi connectivity index (χ1n) is 7.10. The zero-order valence-electron chi connectivity index (χ0n) is 11.6. The minimum Gasteiger partial charge on any atom is -0.487 e. The van der Waals surface area contributed by atoms with Gasteiger partial charge in [-0.2, -0.15) is 0 Å². The highest BCUT2D eigenvalue weighted by Crippen LogP contribution is 2.28. The third-order valence-corrected chi connectivity index (χ3v) is 4.24.